The predicted octanol–water partition coefficient (Wildman–Crippen LogP) is 0.850. The van der Waals surface area contributed by atoms with Gasteiger partial charge in [-0.1, -0.05) is 13.8 Å². The molecule has 14 heavy (non-hydrogen) atoms. The fraction of sp³-hybridized carbons (Fsp3) is 1.00. The number of rotatable bonds is 3. The Kier molecular flexibility index (Phi) is 3.93. The summed E-state index contributed by atoms with van der Waals surface area (Å²) in [6.45, 7) is 8.47. The van der Waals surface area contributed by atoms with Crippen LogP contribution in [0.3, 0.4) is 0 Å². The van der Waals surface area contributed by atoms with E-state index in [1.807, 2.05) is 13.8 Å². The maximum Gasteiger partial charge on any atom is 0.0743 e. The Labute approximate surface area is 86.7 Å². The van der Waals surface area contributed by atoms with Crippen LogP contribution in [0.25, 0.3) is 0 Å². The van der Waals surface area contributed by atoms with Crippen molar-refractivity contribution in [2.24, 2.45) is 5.92 Å². The molecule has 1 rings (SSSR count). The van der Waals surface area contributed by atoms with Gasteiger partial charge in [0.25, 0.3) is 0 Å². The number of likely N-dealkylation sites (tertiary alicyclic amines) is 1. The summed E-state index contributed by atoms with van der Waals surface area (Å²) in [4.78, 5) is 2.25. The molecule has 1 heterocycles. The van der Waals surface area contributed by atoms with Crippen LogP contribution in [-0.2, 0) is 0 Å². The van der Waals surface area contributed by atoms with Crippen molar-refractivity contribution in [1.29, 1.82) is 0 Å². The molecule has 0 saturated carbocycles. The van der Waals surface area contributed by atoms with E-state index in [2.05, 4.69) is 11.8 Å². The fourth-order valence-electron chi connectivity index (χ4n) is 1.96. The molecule has 0 aliphatic carbocycles. The minimum Gasteiger partial charge on any atom is -0.393 e. The van der Waals surface area contributed by atoms with Crippen molar-refractivity contribution in [2.45, 2.75) is 45.3 Å². The molecule has 0 aromatic rings. The van der Waals surface area contributed by atoms with Gasteiger partial charge >= 0.3 is 0 Å². The summed E-state index contributed by atoms with van der Waals surface area (Å²) in [6.07, 6.45) is 1.46. The molecule has 3 unspecified atom stereocenters. The maximum absolute atomic E-state index is 9.92. The summed E-state index contributed by atoms with van der Waals surface area (Å²) in [7, 11) is 0. The Balaban J connectivity index is 2.40. The Morgan fingerprint density at radius 2 is 2.14 bits per heavy atom. The molecular weight excluding hydrogens is 178 g/mol. The van der Waals surface area contributed by atoms with Crippen molar-refractivity contribution < 1.29 is 10.2 Å². The van der Waals surface area contributed by atoms with Gasteiger partial charge in [0.15, 0.2) is 0 Å². The standard InChI is InChI=1S/C11H23NO2/c1-4-11(3,14)8-12-6-5-10(13)9(2)7-12/h9-10,13-14H,4-8H2,1-3H3. The predicted molar refractivity (Wildman–Crippen MR) is 57.1 cm³/mol. The lowest BCUT2D eigenvalue weighted by molar-refractivity contribution is -0.0222. The van der Waals surface area contributed by atoms with Crippen molar-refractivity contribution in [3.8, 4) is 0 Å². The van der Waals surface area contributed by atoms with Crippen LogP contribution in [0.4, 0.5) is 0 Å². The van der Waals surface area contributed by atoms with Gasteiger partial charge < -0.3 is 15.1 Å². The zero-order chi connectivity index (χ0) is 10.8. The molecule has 0 aromatic carbocycles. The van der Waals surface area contributed by atoms with Crippen LogP contribution < -0.4 is 0 Å². The van der Waals surface area contributed by atoms with Gasteiger partial charge in [-0.05, 0) is 25.7 Å². The van der Waals surface area contributed by atoms with Crippen molar-refractivity contribution in [3.63, 3.8) is 0 Å². The molecule has 1 fully saturated rings. The van der Waals surface area contributed by atoms with Crippen molar-refractivity contribution in [1.82, 2.24) is 4.90 Å². The zero-order valence-corrected chi connectivity index (χ0v) is 9.53. The highest BCUT2D eigenvalue weighted by molar-refractivity contribution is 4.82. The molecular formula is C11H23NO2. The SMILES string of the molecule is CCC(C)(O)CN1CCC(O)C(C)C1. The smallest absolute Gasteiger partial charge is 0.0743 e. The van der Waals surface area contributed by atoms with Gasteiger partial charge in [0.05, 0.1) is 11.7 Å². The molecule has 2 N–H and O–H groups in total. The van der Waals surface area contributed by atoms with Crippen LogP contribution >= 0.6 is 0 Å². The van der Waals surface area contributed by atoms with Crippen molar-refractivity contribution in [3.05, 3.63) is 0 Å². The summed E-state index contributed by atoms with van der Waals surface area (Å²) in [6, 6.07) is 0. The van der Waals surface area contributed by atoms with Gasteiger partial charge in [0.2, 0.25) is 0 Å². The van der Waals surface area contributed by atoms with E-state index in [9.17, 15) is 10.2 Å². The summed E-state index contributed by atoms with van der Waals surface area (Å²) < 4.78 is 0. The summed E-state index contributed by atoms with van der Waals surface area (Å²) in [5, 5.41) is 19.5. The molecule has 0 radical (unpaired) electrons. The second kappa shape index (κ2) is 4.60. The van der Waals surface area contributed by atoms with E-state index >= 15 is 0 Å². The lowest BCUT2D eigenvalue weighted by Gasteiger charge is -2.38. The molecule has 1 saturated heterocycles. The summed E-state index contributed by atoms with van der Waals surface area (Å²) in [5.74, 6) is 0.330. The van der Waals surface area contributed by atoms with Crippen LogP contribution in [0.1, 0.15) is 33.6 Å². The van der Waals surface area contributed by atoms with E-state index in [4.69, 9.17) is 0 Å². The van der Waals surface area contributed by atoms with Crippen LogP contribution in [0, 0.1) is 5.92 Å². The maximum atomic E-state index is 9.92. The fourth-order valence-corrected chi connectivity index (χ4v) is 1.96. The molecule has 0 bridgehead atoms. The summed E-state index contributed by atoms with van der Waals surface area (Å²) >= 11 is 0. The minimum absolute atomic E-state index is 0.155. The van der Waals surface area contributed by atoms with Crippen molar-refractivity contribution >= 4 is 0 Å². The van der Waals surface area contributed by atoms with E-state index < -0.39 is 5.60 Å². The lowest BCUT2D eigenvalue weighted by atomic mass is 9.94. The van der Waals surface area contributed by atoms with E-state index in [0.29, 0.717) is 5.92 Å². The first kappa shape index (κ1) is 12.0. The van der Waals surface area contributed by atoms with Crippen LogP contribution in [-0.4, -0.2) is 46.5 Å². The lowest BCUT2D eigenvalue weighted by Crippen LogP contribution is -2.48. The van der Waals surface area contributed by atoms with Gasteiger partial charge in [0, 0.05) is 19.6 Å². The molecule has 1 aliphatic heterocycles. The van der Waals surface area contributed by atoms with E-state index in [1.165, 1.54) is 0 Å². The highest BCUT2D eigenvalue weighted by Gasteiger charge is 2.28. The molecule has 3 nitrogen and oxygen atoms in total. The van der Waals surface area contributed by atoms with Crippen LogP contribution in [0.2, 0.25) is 0 Å². The number of piperidine rings is 1. The highest BCUT2D eigenvalue weighted by atomic mass is 16.3. The molecule has 0 aromatic heterocycles. The first-order valence-corrected chi connectivity index (χ1v) is 5.57. The number of aliphatic hydroxyl groups is 2. The van der Waals surface area contributed by atoms with Gasteiger partial charge in [-0.3, -0.25) is 0 Å². The highest BCUT2D eigenvalue weighted by Crippen LogP contribution is 2.19. The molecule has 3 atom stereocenters. The normalized spacial score (nSPS) is 34.1. The Morgan fingerprint density at radius 1 is 1.50 bits per heavy atom. The zero-order valence-electron chi connectivity index (χ0n) is 9.53. The quantitative estimate of drug-likeness (QED) is 0.711. The molecule has 1 aliphatic rings. The van der Waals surface area contributed by atoms with Gasteiger partial charge in [-0.25, -0.2) is 0 Å². The molecule has 0 amide bonds. The largest absolute Gasteiger partial charge is 0.393 e. The van der Waals surface area contributed by atoms with Crippen molar-refractivity contribution in [2.75, 3.05) is 19.6 Å². The number of β-amino-alcohol motifs (C(OH)–C–C–N with tert-alkyl or cyclic N) is 1. The van der Waals surface area contributed by atoms with Crippen LogP contribution in [0.15, 0.2) is 0 Å². The van der Waals surface area contributed by atoms with E-state index in [1.54, 1.807) is 0 Å². The number of nitrogens with zero attached hydrogens (tertiary/aromatic N) is 1. The first-order chi connectivity index (χ1) is 6.44. The summed E-state index contributed by atoms with van der Waals surface area (Å²) in [5.41, 5.74) is -0.581. The topological polar surface area (TPSA) is 43.7 Å². The second-order valence-corrected chi connectivity index (χ2v) is 4.92. The Morgan fingerprint density at radius 3 is 2.64 bits per heavy atom. The first-order valence-electron chi connectivity index (χ1n) is 5.57. The number of hydrogen-bond acceptors (Lipinski definition) is 3. The molecule has 3 heteroatoms. The Hall–Kier alpha value is -0.120. The van der Waals surface area contributed by atoms with Gasteiger partial charge in [0.1, 0.15) is 0 Å². The Bertz CT molecular complexity index is 182. The molecule has 84 valence electrons. The average Bonchev–Trinajstić information content (AvgIpc) is 2.11. The number of hydrogen-bond donors (Lipinski definition) is 2. The monoisotopic (exact) mass is 201 g/mol. The average molecular weight is 201 g/mol. The van der Waals surface area contributed by atoms with Gasteiger partial charge in [-0.15, -0.1) is 0 Å². The second-order valence-electron chi connectivity index (χ2n) is 4.92. The third-order valence-electron chi connectivity index (χ3n) is 3.27. The third kappa shape index (κ3) is 3.23. The van der Waals surface area contributed by atoms with Gasteiger partial charge in [-0.2, -0.15) is 0 Å². The van der Waals surface area contributed by atoms with E-state index in [0.717, 1.165) is 32.5 Å². The van der Waals surface area contributed by atoms with E-state index in [-0.39, 0.29) is 6.10 Å². The third-order valence-corrected chi connectivity index (χ3v) is 3.27. The van der Waals surface area contributed by atoms with Crippen LogP contribution in [0.5, 0.6) is 0 Å². The molecule has 0 spiro atoms. The number of aliphatic hydroxyl groups excluding tert-OH is 1. The minimum atomic E-state index is -0.581.